The van der Waals surface area contributed by atoms with Crippen molar-refractivity contribution < 1.29 is 14.7 Å². The van der Waals surface area contributed by atoms with Gasteiger partial charge >= 0.3 is 5.97 Å². The highest BCUT2D eigenvalue weighted by molar-refractivity contribution is 8.01. The quantitative estimate of drug-likeness (QED) is 0.810. The van der Waals surface area contributed by atoms with Gasteiger partial charge in [-0.2, -0.15) is 0 Å². The Morgan fingerprint density at radius 2 is 2.05 bits per heavy atom. The number of unbranched alkanes of at least 4 members (excludes halogenated alkanes) is 1. The van der Waals surface area contributed by atoms with Gasteiger partial charge in [-0.1, -0.05) is 40.5 Å². The van der Waals surface area contributed by atoms with Crippen molar-refractivity contribution in [1.82, 2.24) is 4.90 Å². The van der Waals surface area contributed by atoms with Crippen LogP contribution in [0, 0.1) is 5.41 Å². The van der Waals surface area contributed by atoms with Gasteiger partial charge in [-0.25, -0.2) is 4.79 Å². The van der Waals surface area contributed by atoms with Gasteiger partial charge < -0.3 is 15.7 Å². The first-order chi connectivity index (χ1) is 9.21. The molecule has 0 aliphatic carbocycles. The molecule has 3 N–H and O–H groups in total. The third-order valence-electron chi connectivity index (χ3n) is 3.95. The molecule has 1 rings (SSSR count). The summed E-state index contributed by atoms with van der Waals surface area (Å²) in [6.07, 6.45) is 2.78. The normalized spacial score (nSPS) is 26.9. The standard InChI is InChI=1S/C14H26N2O3S/c1-5-6-7-14(13(2,3)4)16(11(17)8-15)10(9-20-14)12(18)19/h10H,5-9,15H2,1-4H3,(H,18,19)/t10-,14?/m0/s1. The van der Waals surface area contributed by atoms with Gasteiger partial charge in [-0.3, -0.25) is 4.79 Å². The number of carbonyl (C=O) groups is 2. The summed E-state index contributed by atoms with van der Waals surface area (Å²) in [5.74, 6) is -0.780. The molecule has 6 heteroatoms. The Morgan fingerprint density at radius 3 is 2.45 bits per heavy atom. The summed E-state index contributed by atoms with van der Waals surface area (Å²) in [5, 5.41) is 9.40. The number of rotatable bonds is 5. The van der Waals surface area contributed by atoms with Crippen LogP contribution in [0.25, 0.3) is 0 Å². The van der Waals surface area contributed by atoms with Crippen LogP contribution >= 0.6 is 11.8 Å². The summed E-state index contributed by atoms with van der Waals surface area (Å²) in [5.41, 5.74) is 5.31. The van der Waals surface area contributed by atoms with Gasteiger partial charge in [0.15, 0.2) is 0 Å². The number of thioether (sulfide) groups is 1. The predicted molar refractivity (Wildman–Crippen MR) is 81.5 cm³/mol. The second-order valence-electron chi connectivity index (χ2n) is 6.27. The molecule has 1 unspecified atom stereocenters. The summed E-state index contributed by atoms with van der Waals surface area (Å²) < 4.78 is 0. The predicted octanol–water partition coefficient (Wildman–Crippen LogP) is 1.91. The lowest BCUT2D eigenvalue weighted by atomic mass is 9.81. The number of nitrogens with zero attached hydrogens (tertiary/aromatic N) is 1. The number of carboxylic acids is 1. The fourth-order valence-corrected chi connectivity index (χ4v) is 4.64. The van der Waals surface area contributed by atoms with Crippen LogP contribution in [0.3, 0.4) is 0 Å². The van der Waals surface area contributed by atoms with E-state index in [1.54, 1.807) is 16.7 Å². The van der Waals surface area contributed by atoms with Gasteiger partial charge in [0.25, 0.3) is 0 Å². The van der Waals surface area contributed by atoms with Crippen LogP contribution in [-0.4, -0.2) is 45.1 Å². The highest BCUT2D eigenvalue weighted by Crippen LogP contribution is 2.53. The molecule has 0 spiro atoms. The Hall–Kier alpha value is -0.750. The number of carbonyl (C=O) groups excluding carboxylic acids is 1. The van der Waals surface area contributed by atoms with Gasteiger partial charge in [0.05, 0.1) is 11.4 Å². The monoisotopic (exact) mass is 302 g/mol. The molecule has 116 valence electrons. The maximum atomic E-state index is 12.3. The van der Waals surface area contributed by atoms with Crippen LogP contribution in [0.2, 0.25) is 0 Å². The average molecular weight is 302 g/mol. The number of amides is 1. The van der Waals surface area contributed by atoms with E-state index in [0.717, 1.165) is 19.3 Å². The van der Waals surface area contributed by atoms with E-state index in [9.17, 15) is 14.7 Å². The molecule has 1 saturated heterocycles. The number of aliphatic carboxylic acids is 1. The Labute approximate surface area is 125 Å². The van der Waals surface area contributed by atoms with E-state index in [0.29, 0.717) is 5.75 Å². The molecule has 1 fully saturated rings. The van der Waals surface area contributed by atoms with Crippen molar-refractivity contribution in [3.63, 3.8) is 0 Å². The smallest absolute Gasteiger partial charge is 0.327 e. The molecule has 1 amide bonds. The Kier molecular flexibility index (Phi) is 5.49. The first-order valence-corrected chi connectivity index (χ1v) is 8.09. The minimum absolute atomic E-state index is 0.145. The van der Waals surface area contributed by atoms with E-state index in [4.69, 9.17) is 5.73 Å². The molecule has 20 heavy (non-hydrogen) atoms. The summed E-state index contributed by atoms with van der Waals surface area (Å²) in [4.78, 5) is 24.8. The minimum atomic E-state index is -0.943. The highest BCUT2D eigenvalue weighted by Gasteiger charge is 2.57. The van der Waals surface area contributed by atoms with Crippen LogP contribution in [-0.2, 0) is 9.59 Å². The lowest BCUT2D eigenvalue weighted by Crippen LogP contribution is -2.59. The van der Waals surface area contributed by atoms with E-state index in [2.05, 4.69) is 27.7 Å². The zero-order valence-electron chi connectivity index (χ0n) is 12.8. The van der Waals surface area contributed by atoms with Gasteiger partial charge in [0.1, 0.15) is 6.04 Å². The fourth-order valence-electron chi connectivity index (χ4n) is 2.83. The van der Waals surface area contributed by atoms with Crippen LogP contribution in [0.1, 0.15) is 47.0 Å². The molecule has 0 bridgehead atoms. The SMILES string of the molecule is CCCCC1(C(C)(C)C)SC[C@@H](C(=O)O)N1C(=O)CN. The topological polar surface area (TPSA) is 83.6 Å². The van der Waals surface area contributed by atoms with Crippen molar-refractivity contribution in [3.8, 4) is 0 Å². The summed E-state index contributed by atoms with van der Waals surface area (Å²) in [7, 11) is 0. The van der Waals surface area contributed by atoms with E-state index >= 15 is 0 Å². The molecular weight excluding hydrogens is 276 g/mol. The molecule has 2 atom stereocenters. The molecule has 0 radical (unpaired) electrons. The van der Waals surface area contributed by atoms with Crippen molar-refractivity contribution in [1.29, 1.82) is 0 Å². The van der Waals surface area contributed by atoms with Crippen LogP contribution < -0.4 is 5.73 Å². The van der Waals surface area contributed by atoms with E-state index in [1.165, 1.54) is 0 Å². The van der Waals surface area contributed by atoms with E-state index in [1.807, 2.05) is 0 Å². The zero-order valence-corrected chi connectivity index (χ0v) is 13.6. The molecule has 1 aliphatic heterocycles. The van der Waals surface area contributed by atoms with Gasteiger partial charge in [0.2, 0.25) is 5.91 Å². The van der Waals surface area contributed by atoms with Gasteiger partial charge in [0, 0.05) is 5.75 Å². The van der Waals surface area contributed by atoms with Crippen LogP contribution in [0.15, 0.2) is 0 Å². The zero-order chi connectivity index (χ0) is 15.6. The van der Waals surface area contributed by atoms with E-state index < -0.39 is 16.9 Å². The molecule has 1 heterocycles. The lowest BCUT2D eigenvalue weighted by molar-refractivity contribution is -0.153. The first-order valence-electron chi connectivity index (χ1n) is 7.10. The molecule has 1 aliphatic rings. The molecule has 0 aromatic rings. The number of hydrogen-bond donors (Lipinski definition) is 2. The third kappa shape index (κ3) is 2.96. The summed E-state index contributed by atoms with van der Waals surface area (Å²) >= 11 is 1.59. The Balaban J connectivity index is 3.25. The Morgan fingerprint density at radius 1 is 1.45 bits per heavy atom. The summed E-state index contributed by atoms with van der Waals surface area (Å²) in [6, 6.07) is -0.771. The van der Waals surface area contributed by atoms with Crippen LogP contribution in [0.5, 0.6) is 0 Å². The highest BCUT2D eigenvalue weighted by atomic mass is 32.2. The Bertz CT molecular complexity index is 381. The third-order valence-corrected chi connectivity index (χ3v) is 5.92. The van der Waals surface area contributed by atoms with Crippen molar-refractivity contribution in [3.05, 3.63) is 0 Å². The maximum Gasteiger partial charge on any atom is 0.327 e. The van der Waals surface area contributed by atoms with Gasteiger partial charge in [-0.05, 0) is 11.8 Å². The molecular formula is C14H26N2O3S. The maximum absolute atomic E-state index is 12.3. The second kappa shape index (κ2) is 6.35. The van der Waals surface area contributed by atoms with Gasteiger partial charge in [-0.15, -0.1) is 11.8 Å². The number of hydrogen-bond acceptors (Lipinski definition) is 4. The molecule has 0 aromatic heterocycles. The lowest BCUT2D eigenvalue weighted by Gasteiger charge is -2.48. The van der Waals surface area contributed by atoms with E-state index in [-0.39, 0.29) is 17.9 Å². The van der Waals surface area contributed by atoms with Crippen molar-refractivity contribution in [2.75, 3.05) is 12.3 Å². The van der Waals surface area contributed by atoms with Crippen molar-refractivity contribution in [2.24, 2.45) is 11.1 Å². The van der Waals surface area contributed by atoms with Crippen molar-refractivity contribution >= 4 is 23.6 Å². The average Bonchev–Trinajstić information content (AvgIpc) is 2.75. The number of carboxylic acid groups (broad SMARTS) is 1. The fraction of sp³-hybridized carbons (Fsp3) is 0.857. The number of nitrogens with two attached hydrogens (primary N) is 1. The minimum Gasteiger partial charge on any atom is -0.480 e. The van der Waals surface area contributed by atoms with Crippen molar-refractivity contribution in [2.45, 2.75) is 57.9 Å². The molecule has 0 aromatic carbocycles. The summed E-state index contributed by atoms with van der Waals surface area (Å²) in [6.45, 7) is 8.15. The molecule has 0 saturated carbocycles. The van der Waals surface area contributed by atoms with Crippen LogP contribution in [0.4, 0.5) is 0 Å². The molecule has 5 nitrogen and oxygen atoms in total. The largest absolute Gasteiger partial charge is 0.480 e. The second-order valence-corrected chi connectivity index (χ2v) is 7.57. The first kappa shape index (κ1) is 17.3.